The van der Waals surface area contributed by atoms with Crippen LogP contribution < -0.4 is 5.32 Å². The second kappa shape index (κ2) is 6.94. The summed E-state index contributed by atoms with van der Waals surface area (Å²) in [6, 6.07) is 7.32. The van der Waals surface area contributed by atoms with Crippen molar-refractivity contribution in [1.82, 2.24) is 0 Å². The van der Waals surface area contributed by atoms with Crippen molar-refractivity contribution < 1.29 is 9.90 Å². The molecular formula is C14H21NO2. The molecule has 2 N–H and O–H groups in total. The fourth-order valence-electron chi connectivity index (χ4n) is 1.77. The van der Waals surface area contributed by atoms with Gasteiger partial charge in [0, 0.05) is 11.7 Å². The molecule has 3 heteroatoms. The first-order chi connectivity index (χ1) is 8.13. The van der Waals surface area contributed by atoms with Crippen LogP contribution in [0.3, 0.4) is 0 Å². The van der Waals surface area contributed by atoms with Gasteiger partial charge in [-0.25, -0.2) is 4.79 Å². The van der Waals surface area contributed by atoms with Crippen LogP contribution in [0.25, 0.3) is 0 Å². The molecule has 3 nitrogen and oxygen atoms in total. The average Bonchev–Trinajstić information content (AvgIpc) is 2.30. The van der Waals surface area contributed by atoms with Crippen molar-refractivity contribution in [2.24, 2.45) is 0 Å². The number of nitrogens with one attached hydrogen (secondary N) is 1. The number of aromatic carboxylic acids is 1. The van der Waals surface area contributed by atoms with E-state index < -0.39 is 5.97 Å². The summed E-state index contributed by atoms with van der Waals surface area (Å²) in [7, 11) is 0. The second-order valence-corrected chi connectivity index (χ2v) is 4.42. The third kappa shape index (κ3) is 4.89. The molecule has 0 aliphatic heterocycles. The van der Waals surface area contributed by atoms with Gasteiger partial charge in [-0.05, 0) is 37.6 Å². The number of rotatable bonds is 7. The number of unbranched alkanes of at least 4 members (excludes halogenated alkanes) is 2. The van der Waals surface area contributed by atoms with E-state index in [0.717, 1.165) is 12.1 Å². The van der Waals surface area contributed by atoms with Crippen LogP contribution in [-0.2, 0) is 0 Å². The van der Waals surface area contributed by atoms with Crippen LogP contribution in [0.15, 0.2) is 24.3 Å². The van der Waals surface area contributed by atoms with Gasteiger partial charge in [0.05, 0.1) is 5.56 Å². The Morgan fingerprint density at radius 3 is 2.47 bits per heavy atom. The maximum Gasteiger partial charge on any atom is 0.335 e. The number of hydrogen-bond acceptors (Lipinski definition) is 2. The first kappa shape index (κ1) is 13.6. The predicted molar refractivity (Wildman–Crippen MR) is 70.6 cm³/mol. The number of carbonyl (C=O) groups is 1. The van der Waals surface area contributed by atoms with Crippen molar-refractivity contribution in [1.29, 1.82) is 0 Å². The molecule has 1 aromatic rings. The molecule has 94 valence electrons. The number of benzene rings is 1. The summed E-state index contributed by atoms with van der Waals surface area (Å²) in [6.07, 6.45) is 4.89. The Hall–Kier alpha value is -1.51. The Bertz CT molecular complexity index is 346. The molecule has 0 aromatic heterocycles. The molecule has 1 atom stereocenters. The molecule has 0 saturated heterocycles. The highest BCUT2D eigenvalue weighted by Gasteiger charge is 2.04. The zero-order valence-electron chi connectivity index (χ0n) is 10.6. The maximum absolute atomic E-state index is 10.7. The van der Waals surface area contributed by atoms with Crippen LogP contribution in [0.5, 0.6) is 0 Å². The minimum Gasteiger partial charge on any atom is -0.478 e. The molecule has 0 aliphatic rings. The fourth-order valence-corrected chi connectivity index (χ4v) is 1.77. The summed E-state index contributed by atoms with van der Waals surface area (Å²) in [5.41, 5.74) is 1.31. The molecule has 0 aliphatic carbocycles. The molecule has 0 bridgehead atoms. The van der Waals surface area contributed by atoms with Crippen LogP contribution in [0.2, 0.25) is 0 Å². The smallest absolute Gasteiger partial charge is 0.335 e. The molecule has 0 spiro atoms. The van der Waals surface area contributed by atoms with Gasteiger partial charge in [0.2, 0.25) is 0 Å². The fraction of sp³-hybridized carbons (Fsp3) is 0.500. The second-order valence-electron chi connectivity index (χ2n) is 4.42. The van der Waals surface area contributed by atoms with E-state index in [1.807, 2.05) is 12.1 Å². The van der Waals surface area contributed by atoms with E-state index in [1.165, 1.54) is 19.3 Å². The van der Waals surface area contributed by atoms with Crippen LogP contribution in [0.4, 0.5) is 5.69 Å². The first-order valence-electron chi connectivity index (χ1n) is 6.23. The van der Waals surface area contributed by atoms with Gasteiger partial charge in [-0.15, -0.1) is 0 Å². The Morgan fingerprint density at radius 2 is 1.94 bits per heavy atom. The predicted octanol–water partition coefficient (Wildman–Crippen LogP) is 3.77. The van der Waals surface area contributed by atoms with E-state index in [4.69, 9.17) is 5.11 Å². The largest absolute Gasteiger partial charge is 0.478 e. The van der Waals surface area contributed by atoms with Crippen molar-refractivity contribution >= 4 is 11.7 Å². The van der Waals surface area contributed by atoms with Crippen LogP contribution >= 0.6 is 0 Å². The normalized spacial score (nSPS) is 12.1. The summed E-state index contributed by atoms with van der Waals surface area (Å²) < 4.78 is 0. The molecule has 0 saturated carbocycles. The van der Waals surface area contributed by atoms with Crippen molar-refractivity contribution in [3.63, 3.8) is 0 Å². The minimum absolute atomic E-state index is 0.328. The first-order valence-corrected chi connectivity index (χ1v) is 6.23. The summed E-state index contributed by atoms with van der Waals surface area (Å²) in [6.45, 7) is 4.35. The van der Waals surface area contributed by atoms with E-state index in [-0.39, 0.29) is 0 Å². The molecule has 0 amide bonds. The molecule has 0 radical (unpaired) electrons. The van der Waals surface area contributed by atoms with E-state index in [0.29, 0.717) is 11.6 Å². The highest BCUT2D eigenvalue weighted by Crippen LogP contribution is 2.13. The van der Waals surface area contributed by atoms with Gasteiger partial charge in [-0.2, -0.15) is 0 Å². The van der Waals surface area contributed by atoms with Gasteiger partial charge in [-0.1, -0.05) is 26.2 Å². The molecule has 1 rings (SSSR count). The van der Waals surface area contributed by atoms with Crippen molar-refractivity contribution in [3.8, 4) is 0 Å². The summed E-state index contributed by atoms with van der Waals surface area (Å²) >= 11 is 0. The highest BCUT2D eigenvalue weighted by atomic mass is 16.4. The van der Waals surface area contributed by atoms with E-state index in [1.54, 1.807) is 12.1 Å². The van der Waals surface area contributed by atoms with Gasteiger partial charge in [0.25, 0.3) is 0 Å². The molecular weight excluding hydrogens is 214 g/mol. The van der Waals surface area contributed by atoms with E-state index in [2.05, 4.69) is 19.2 Å². The maximum atomic E-state index is 10.7. The lowest BCUT2D eigenvalue weighted by molar-refractivity contribution is 0.0697. The quantitative estimate of drug-likeness (QED) is 0.707. The summed E-state index contributed by atoms with van der Waals surface area (Å²) in [5, 5.41) is 12.2. The topological polar surface area (TPSA) is 49.3 Å². The molecule has 17 heavy (non-hydrogen) atoms. The number of carboxylic acids is 1. The monoisotopic (exact) mass is 235 g/mol. The van der Waals surface area contributed by atoms with E-state index >= 15 is 0 Å². The Labute approximate surface area is 103 Å². The lowest BCUT2D eigenvalue weighted by atomic mass is 10.1. The van der Waals surface area contributed by atoms with Crippen molar-refractivity contribution in [3.05, 3.63) is 29.8 Å². The lowest BCUT2D eigenvalue weighted by Crippen LogP contribution is -2.14. The zero-order valence-corrected chi connectivity index (χ0v) is 10.6. The average molecular weight is 235 g/mol. The van der Waals surface area contributed by atoms with Crippen LogP contribution in [-0.4, -0.2) is 17.1 Å². The van der Waals surface area contributed by atoms with Crippen LogP contribution in [0.1, 0.15) is 49.9 Å². The Kier molecular flexibility index (Phi) is 5.53. The Balaban J connectivity index is 2.43. The highest BCUT2D eigenvalue weighted by molar-refractivity contribution is 5.87. The zero-order chi connectivity index (χ0) is 12.7. The number of hydrogen-bond donors (Lipinski definition) is 2. The van der Waals surface area contributed by atoms with Gasteiger partial charge >= 0.3 is 5.97 Å². The Morgan fingerprint density at radius 1 is 1.29 bits per heavy atom. The summed E-state index contributed by atoms with van der Waals surface area (Å²) in [5.74, 6) is -0.882. The number of carboxylic acid groups (broad SMARTS) is 1. The van der Waals surface area contributed by atoms with Crippen LogP contribution in [0, 0.1) is 0 Å². The van der Waals surface area contributed by atoms with Gasteiger partial charge in [0.1, 0.15) is 0 Å². The summed E-state index contributed by atoms with van der Waals surface area (Å²) in [4.78, 5) is 10.7. The lowest BCUT2D eigenvalue weighted by Gasteiger charge is -2.15. The van der Waals surface area contributed by atoms with Crippen molar-refractivity contribution in [2.75, 3.05) is 5.32 Å². The SMILES string of the molecule is CCCCCC(C)Nc1ccc(C(=O)O)cc1. The third-order valence-electron chi connectivity index (χ3n) is 2.79. The molecule has 0 heterocycles. The molecule has 1 aromatic carbocycles. The number of anilines is 1. The molecule has 1 unspecified atom stereocenters. The van der Waals surface area contributed by atoms with E-state index in [9.17, 15) is 4.79 Å². The third-order valence-corrected chi connectivity index (χ3v) is 2.79. The van der Waals surface area contributed by atoms with Gasteiger partial charge < -0.3 is 10.4 Å². The molecule has 0 fully saturated rings. The van der Waals surface area contributed by atoms with Gasteiger partial charge in [0.15, 0.2) is 0 Å². The standard InChI is InChI=1S/C14H21NO2/c1-3-4-5-6-11(2)15-13-9-7-12(8-10-13)14(16)17/h7-11,15H,3-6H2,1-2H3,(H,16,17). The minimum atomic E-state index is -0.882. The van der Waals surface area contributed by atoms with Gasteiger partial charge in [-0.3, -0.25) is 0 Å². The van der Waals surface area contributed by atoms with Crippen molar-refractivity contribution in [2.45, 2.75) is 45.6 Å².